The van der Waals surface area contributed by atoms with E-state index in [1.165, 1.54) is 24.2 Å². The molecule has 0 radical (unpaired) electrons. The molecule has 15 heavy (non-hydrogen) atoms. The maximum absolute atomic E-state index is 10.9. The summed E-state index contributed by atoms with van der Waals surface area (Å²) in [5.74, 6) is -0.909. The number of hydrogen-bond donors (Lipinski definition) is 1. The predicted molar refractivity (Wildman–Crippen MR) is 58.3 cm³/mol. The summed E-state index contributed by atoms with van der Waals surface area (Å²) in [4.78, 5) is 18.2. The predicted octanol–water partition coefficient (Wildman–Crippen LogP) is 1.75. The highest BCUT2D eigenvalue weighted by atomic mass is 32.1. The summed E-state index contributed by atoms with van der Waals surface area (Å²) in [6, 6.07) is 0. The molecule has 1 aliphatic rings. The van der Waals surface area contributed by atoms with Gasteiger partial charge in [-0.05, 0) is 32.9 Å². The summed E-state index contributed by atoms with van der Waals surface area (Å²) in [5.41, 5.74) is 0.240. The second-order valence-corrected chi connectivity index (χ2v) is 5.08. The molecule has 1 saturated heterocycles. The number of carboxylic acid groups (broad SMARTS) is 1. The third-order valence-corrected chi connectivity index (χ3v) is 3.53. The van der Waals surface area contributed by atoms with Gasteiger partial charge in [0, 0.05) is 6.54 Å². The van der Waals surface area contributed by atoms with E-state index in [-0.39, 0.29) is 5.69 Å². The number of aryl methyl sites for hydroxylation is 1. The van der Waals surface area contributed by atoms with Gasteiger partial charge in [-0.3, -0.25) is 4.90 Å². The van der Waals surface area contributed by atoms with Crippen LogP contribution in [0.5, 0.6) is 0 Å². The number of aromatic nitrogens is 1. The number of carboxylic acids is 1. The first-order valence-electron chi connectivity index (χ1n) is 5.09. The molecular formula is C10H14N2O2S. The van der Waals surface area contributed by atoms with Gasteiger partial charge in [-0.25, -0.2) is 9.78 Å². The average Bonchev–Trinajstić information content (AvgIpc) is 2.75. The lowest BCUT2D eigenvalue weighted by Crippen LogP contribution is -2.19. The molecule has 1 N–H and O–H groups in total. The first-order valence-corrected chi connectivity index (χ1v) is 5.90. The lowest BCUT2D eigenvalue weighted by molar-refractivity contribution is 0.0689. The lowest BCUT2D eigenvalue weighted by Gasteiger charge is -2.12. The Labute approximate surface area is 92.6 Å². The fraction of sp³-hybridized carbons (Fsp3) is 0.600. The lowest BCUT2D eigenvalue weighted by atomic mass is 10.3. The smallest absolute Gasteiger partial charge is 0.355 e. The Morgan fingerprint density at radius 2 is 2.20 bits per heavy atom. The van der Waals surface area contributed by atoms with E-state index in [4.69, 9.17) is 5.11 Å². The Bertz CT molecular complexity index is 369. The number of nitrogens with zero attached hydrogens (tertiary/aromatic N) is 2. The molecule has 0 spiro atoms. The number of carbonyl (C=O) groups is 1. The van der Waals surface area contributed by atoms with Crippen molar-refractivity contribution in [2.75, 3.05) is 13.1 Å². The van der Waals surface area contributed by atoms with Gasteiger partial charge in [-0.15, -0.1) is 11.3 Å². The van der Waals surface area contributed by atoms with E-state index in [0.717, 1.165) is 29.5 Å². The second kappa shape index (κ2) is 4.28. The van der Waals surface area contributed by atoms with E-state index in [9.17, 15) is 4.79 Å². The molecule has 1 fully saturated rings. The van der Waals surface area contributed by atoms with E-state index in [1.807, 2.05) is 6.92 Å². The van der Waals surface area contributed by atoms with E-state index >= 15 is 0 Å². The maximum Gasteiger partial charge on any atom is 0.355 e. The van der Waals surface area contributed by atoms with Crippen LogP contribution in [0.1, 0.15) is 33.2 Å². The van der Waals surface area contributed by atoms with Crippen LogP contribution < -0.4 is 0 Å². The van der Waals surface area contributed by atoms with Crippen LogP contribution in [0.15, 0.2) is 0 Å². The quantitative estimate of drug-likeness (QED) is 0.853. The Kier molecular flexibility index (Phi) is 3.02. The van der Waals surface area contributed by atoms with Crippen molar-refractivity contribution < 1.29 is 9.90 Å². The van der Waals surface area contributed by atoms with Gasteiger partial charge < -0.3 is 5.11 Å². The third kappa shape index (κ3) is 2.35. The molecule has 0 aliphatic carbocycles. The Balaban J connectivity index is 2.15. The third-order valence-electron chi connectivity index (χ3n) is 2.57. The van der Waals surface area contributed by atoms with Crippen molar-refractivity contribution in [3.63, 3.8) is 0 Å². The van der Waals surface area contributed by atoms with Crippen molar-refractivity contribution in [1.82, 2.24) is 9.88 Å². The van der Waals surface area contributed by atoms with Crippen molar-refractivity contribution in [2.24, 2.45) is 0 Å². The first kappa shape index (κ1) is 10.6. The molecule has 0 bridgehead atoms. The highest BCUT2D eigenvalue weighted by molar-refractivity contribution is 7.11. The van der Waals surface area contributed by atoms with Gasteiger partial charge >= 0.3 is 5.97 Å². The molecule has 1 aromatic rings. The van der Waals surface area contributed by atoms with Gasteiger partial charge in [0.1, 0.15) is 0 Å². The average molecular weight is 226 g/mol. The minimum Gasteiger partial charge on any atom is -0.476 e. The number of rotatable bonds is 3. The molecule has 2 heterocycles. The molecule has 2 rings (SSSR count). The summed E-state index contributed by atoms with van der Waals surface area (Å²) in [7, 11) is 0. The molecule has 0 aromatic carbocycles. The second-order valence-electron chi connectivity index (χ2n) is 3.79. The molecular weight excluding hydrogens is 212 g/mol. The van der Waals surface area contributed by atoms with Gasteiger partial charge in [-0.2, -0.15) is 0 Å². The Morgan fingerprint density at radius 1 is 1.53 bits per heavy atom. The zero-order valence-corrected chi connectivity index (χ0v) is 9.51. The Hall–Kier alpha value is -0.940. The van der Waals surface area contributed by atoms with Gasteiger partial charge in [0.25, 0.3) is 0 Å². The topological polar surface area (TPSA) is 53.4 Å². The molecule has 0 amide bonds. The van der Waals surface area contributed by atoms with Crippen LogP contribution in [-0.2, 0) is 6.54 Å². The zero-order chi connectivity index (χ0) is 10.8. The molecule has 4 nitrogen and oxygen atoms in total. The Morgan fingerprint density at radius 3 is 2.80 bits per heavy atom. The summed E-state index contributed by atoms with van der Waals surface area (Å²) < 4.78 is 0. The minimum absolute atomic E-state index is 0.240. The van der Waals surface area contributed by atoms with Crippen LogP contribution >= 0.6 is 11.3 Å². The number of likely N-dealkylation sites (tertiary alicyclic amines) is 1. The van der Waals surface area contributed by atoms with Crippen LogP contribution in [0.2, 0.25) is 0 Å². The molecule has 82 valence electrons. The van der Waals surface area contributed by atoms with Gasteiger partial charge in [-0.1, -0.05) is 0 Å². The standard InChI is InChI=1S/C10H14N2O2S/c1-7-11-9(10(13)14)8(15-7)6-12-4-2-3-5-12/h2-6H2,1H3,(H,13,14). The largest absolute Gasteiger partial charge is 0.476 e. The van der Waals surface area contributed by atoms with Crippen molar-refractivity contribution in [3.05, 3.63) is 15.6 Å². The maximum atomic E-state index is 10.9. The highest BCUT2D eigenvalue weighted by Crippen LogP contribution is 2.22. The van der Waals surface area contributed by atoms with Crippen LogP contribution in [0.3, 0.4) is 0 Å². The van der Waals surface area contributed by atoms with Crippen LogP contribution in [0.4, 0.5) is 0 Å². The summed E-state index contributed by atoms with van der Waals surface area (Å²) >= 11 is 1.50. The number of thiazole rings is 1. The molecule has 0 saturated carbocycles. The van der Waals surface area contributed by atoms with Crippen LogP contribution in [-0.4, -0.2) is 34.0 Å². The molecule has 0 unspecified atom stereocenters. The number of hydrogen-bond acceptors (Lipinski definition) is 4. The summed E-state index contributed by atoms with van der Waals surface area (Å²) in [6.07, 6.45) is 2.44. The first-order chi connectivity index (χ1) is 7.16. The van der Waals surface area contributed by atoms with E-state index in [2.05, 4.69) is 9.88 Å². The van der Waals surface area contributed by atoms with Crippen LogP contribution in [0.25, 0.3) is 0 Å². The molecule has 5 heteroatoms. The zero-order valence-electron chi connectivity index (χ0n) is 8.69. The molecule has 1 aliphatic heterocycles. The van der Waals surface area contributed by atoms with E-state index in [0.29, 0.717) is 0 Å². The van der Waals surface area contributed by atoms with E-state index in [1.54, 1.807) is 0 Å². The van der Waals surface area contributed by atoms with Crippen LogP contribution in [0, 0.1) is 6.92 Å². The molecule has 0 atom stereocenters. The normalized spacial score (nSPS) is 17.1. The van der Waals surface area contributed by atoms with Crippen molar-refractivity contribution in [2.45, 2.75) is 26.3 Å². The van der Waals surface area contributed by atoms with E-state index < -0.39 is 5.97 Å². The monoisotopic (exact) mass is 226 g/mol. The SMILES string of the molecule is Cc1nc(C(=O)O)c(CN2CCCC2)s1. The van der Waals surface area contributed by atoms with Crippen molar-refractivity contribution >= 4 is 17.3 Å². The molecule has 1 aromatic heterocycles. The fourth-order valence-electron chi connectivity index (χ4n) is 1.89. The van der Waals surface area contributed by atoms with Gasteiger partial charge in [0.05, 0.1) is 9.88 Å². The van der Waals surface area contributed by atoms with Crippen molar-refractivity contribution in [3.8, 4) is 0 Å². The van der Waals surface area contributed by atoms with Crippen molar-refractivity contribution in [1.29, 1.82) is 0 Å². The highest BCUT2D eigenvalue weighted by Gasteiger charge is 2.19. The summed E-state index contributed by atoms with van der Waals surface area (Å²) in [5, 5.41) is 9.81. The fourth-order valence-corrected chi connectivity index (χ4v) is 2.86. The van der Waals surface area contributed by atoms with Gasteiger partial charge in [0.15, 0.2) is 5.69 Å². The number of aromatic carboxylic acids is 1. The van der Waals surface area contributed by atoms with Gasteiger partial charge in [0.2, 0.25) is 0 Å². The summed E-state index contributed by atoms with van der Waals surface area (Å²) in [6.45, 7) is 4.75. The minimum atomic E-state index is -0.909.